The summed E-state index contributed by atoms with van der Waals surface area (Å²) < 4.78 is 37.4. The highest BCUT2D eigenvalue weighted by Gasteiger charge is 2.30. The molecule has 9 nitrogen and oxygen atoms in total. The van der Waals surface area contributed by atoms with Crippen molar-refractivity contribution in [2.24, 2.45) is 0 Å². The van der Waals surface area contributed by atoms with E-state index in [0.29, 0.717) is 13.0 Å². The van der Waals surface area contributed by atoms with Crippen LogP contribution in [-0.4, -0.2) is 46.7 Å². The van der Waals surface area contributed by atoms with E-state index in [-0.39, 0.29) is 31.3 Å². The number of nitro benzene ring substituents is 1. The monoisotopic (exact) mass is 331 g/mol. The Labute approximate surface area is 127 Å². The number of rotatable bonds is 7. The third kappa shape index (κ3) is 3.64. The maximum absolute atomic E-state index is 12.3. The van der Waals surface area contributed by atoms with Gasteiger partial charge < -0.3 is 14.8 Å². The van der Waals surface area contributed by atoms with Gasteiger partial charge in [-0.2, -0.15) is 0 Å². The van der Waals surface area contributed by atoms with Crippen molar-refractivity contribution >= 4 is 15.7 Å². The van der Waals surface area contributed by atoms with Gasteiger partial charge in [-0.05, 0) is 20.0 Å². The van der Waals surface area contributed by atoms with E-state index in [0.717, 1.165) is 12.1 Å². The average Bonchev–Trinajstić information content (AvgIpc) is 2.50. The van der Waals surface area contributed by atoms with Crippen molar-refractivity contribution in [3.63, 3.8) is 0 Å². The molecule has 22 heavy (non-hydrogen) atoms. The lowest BCUT2D eigenvalue weighted by Gasteiger charge is -2.19. The zero-order valence-corrected chi connectivity index (χ0v) is 12.8. The Hall–Kier alpha value is -1.91. The zero-order chi connectivity index (χ0) is 16.2. The predicted molar refractivity (Wildman–Crippen MR) is 77.8 cm³/mol. The van der Waals surface area contributed by atoms with Crippen molar-refractivity contribution in [3.8, 4) is 11.5 Å². The topological polar surface area (TPSA) is 120 Å². The van der Waals surface area contributed by atoms with E-state index >= 15 is 0 Å². The molecule has 0 saturated heterocycles. The van der Waals surface area contributed by atoms with Gasteiger partial charge in [-0.3, -0.25) is 10.1 Å². The van der Waals surface area contributed by atoms with Gasteiger partial charge in [0.1, 0.15) is 13.2 Å². The van der Waals surface area contributed by atoms with Gasteiger partial charge in [-0.15, -0.1) is 0 Å². The maximum atomic E-state index is 12.3. The number of fused-ring (bicyclic) bond motifs is 1. The largest absolute Gasteiger partial charge is 0.486 e. The molecule has 0 spiro atoms. The SMILES string of the molecule is CNCCCNS(=O)(=O)c1cc2c(cc1[N+](=O)[O-])OCCO2. The van der Waals surface area contributed by atoms with Crippen LogP contribution in [0.1, 0.15) is 6.42 Å². The van der Waals surface area contributed by atoms with Crippen LogP contribution in [0, 0.1) is 10.1 Å². The minimum Gasteiger partial charge on any atom is -0.486 e. The third-order valence-electron chi connectivity index (χ3n) is 3.01. The lowest BCUT2D eigenvalue weighted by Crippen LogP contribution is -2.27. The number of nitrogens with one attached hydrogen (secondary N) is 2. The fraction of sp³-hybridized carbons (Fsp3) is 0.500. The van der Waals surface area contributed by atoms with E-state index in [2.05, 4.69) is 10.0 Å². The number of nitrogens with zero attached hydrogens (tertiary/aromatic N) is 1. The molecule has 1 heterocycles. The summed E-state index contributed by atoms with van der Waals surface area (Å²) in [5.41, 5.74) is -0.537. The summed E-state index contributed by atoms with van der Waals surface area (Å²) in [6, 6.07) is 2.21. The molecule has 2 rings (SSSR count). The fourth-order valence-electron chi connectivity index (χ4n) is 1.97. The van der Waals surface area contributed by atoms with Crippen molar-refractivity contribution < 1.29 is 22.8 Å². The van der Waals surface area contributed by atoms with Crippen molar-refractivity contribution in [2.45, 2.75) is 11.3 Å². The third-order valence-corrected chi connectivity index (χ3v) is 4.50. The Morgan fingerprint density at radius 1 is 1.23 bits per heavy atom. The van der Waals surface area contributed by atoms with Crippen molar-refractivity contribution in [3.05, 3.63) is 22.2 Å². The first kappa shape index (κ1) is 16.5. The van der Waals surface area contributed by atoms with Gasteiger partial charge in [0.2, 0.25) is 10.0 Å². The van der Waals surface area contributed by atoms with Crippen LogP contribution in [0.15, 0.2) is 17.0 Å². The fourth-order valence-corrected chi connectivity index (χ4v) is 3.21. The number of benzene rings is 1. The van der Waals surface area contributed by atoms with E-state index < -0.39 is 25.5 Å². The number of nitro groups is 1. The molecule has 122 valence electrons. The smallest absolute Gasteiger partial charge is 0.293 e. The van der Waals surface area contributed by atoms with E-state index in [1.807, 2.05) is 0 Å². The number of ether oxygens (including phenoxy) is 2. The summed E-state index contributed by atoms with van der Waals surface area (Å²) in [5, 5.41) is 14.0. The van der Waals surface area contributed by atoms with E-state index in [1.165, 1.54) is 0 Å². The van der Waals surface area contributed by atoms with Gasteiger partial charge in [-0.25, -0.2) is 13.1 Å². The van der Waals surface area contributed by atoms with Crippen LogP contribution in [-0.2, 0) is 10.0 Å². The van der Waals surface area contributed by atoms with Crippen LogP contribution in [0.25, 0.3) is 0 Å². The Kier molecular flexibility index (Phi) is 5.16. The molecule has 1 aromatic rings. The lowest BCUT2D eigenvalue weighted by molar-refractivity contribution is -0.388. The van der Waals surface area contributed by atoms with Crippen LogP contribution in [0.4, 0.5) is 5.69 Å². The molecule has 1 aromatic carbocycles. The van der Waals surface area contributed by atoms with Crippen LogP contribution >= 0.6 is 0 Å². The molecule has 0 bridgehead atoms. The molecular formula is C12H17N3O6S. The highest BCUT2D eigenvalue weighted by Crippen LogP contribution is 2.38. The summed E-state index contributed by atoms with van der Waals surface area (Å²) in [5.74, 6) is 0.361. The van der Waals surface area contributed by atoms with Crippen LogP contribution in [0.3, 0.4) is 0 Å². The zero-order valence-electron chi connectivity index (χ0n) is 12.0. The molecule has 0 saturated carbocycles. The standard InChI is InChI=1S/C12H17N3O6S/c1-13-3-2-4-14-22(18,19)12-8-11-10(20-5-6-21-11)7-9(12)15(16)17/h7-8,13-14H,2-6H2,1H3. The molecule has 0 aliphatic carbocycles. The molecule has 0 amide bonds. The molecule has 1 aliphatic heterocycles. The molecule has 10 heteroatoms. The van der Waals surface area contributed by atoms with Crippen LogP contribution in [0.5, 0.6) is 11.5 Å². The molecule has 0 unspecified atom stereocenters. The molecule has 0 fully saturated rings. The van der Waals surface area contributed by atoms with Crippen molar-refractivity contribution in [1.29, 1.82) is 0 Å². The molecule has 0 aromatic heterocycles. The average molecular weight is 331 g/mol. The van der Waals surface area contributed by atoms with E-state index in [9.17, 15) is 18.5 Å². The maximum Gasteiger partial charge on any atom is 0.293 e. The second-order valence-corrected chi connectivity index (χ2v) is 6.31. The minimum atomic E-state index is -4.00. The van der Waals surface area contributed by atoms with Crippen LogP contribution in [0.2, 0.25) is 0 Å². The van der Waals surface area contributed by atoms with E-state index in [4.69, 9.17) is 9.47 Å². The summed E-state index contributed by atoms with van der Waals surface area (Å²) in [6.07, 6.45) is 0.564. The summed E-state index contributed by atoms with van der Waals surface area (Å²) in [4.78, 5) is 9.96. The van der Waals surface area contributed by atoms with Crippen molar-refractivity contribution in [2.75, 3.05) is 33.4 Å². The van der Waals surface area contributed by atoms with Gasteiger partial charge >= 0.3 is 0 Å². The van der Waals surface area contributed by atoms with Gasteiger partial charge in [0.25, 0.3) is 5.69 Å². The Morgan fingerprint density at radius 2 is 1.86 bits per heavy atom. The first-order chi connectivity index (χ1) is 10.5. The Bertz CT molecular complexity index is 661. The molecular weight excluding hydrogens is 314 g/mol. The Morgan fingerprint density at radius 3 is 2.45 bits per heavy atom. The van der Waals surface area contributed by atoms with Gasteiger partial charge in [0.15, 0.2) is 16.4 Å². The second kappa shape index (κ2) is 6.90. The summed E-state index contributed by atoms with van der Waals surface area (Å²) in [6.45, 7) is 1.33. The van der Waals surface area contributed by atoms with E-state index in [1.54, 1.807) is 7.05 Å². The van der Waals surface area contributed by atoms with Crippen molar-refractivity contribution in [1.82, 2.24) is 10.0 Å². The first-order valence-corrected chi connectivity index (χ1v) is 8.16. The number of sulfonamides is 1. The molecule has 0 atom stereocenters. The first-order valence-electron chi connectivity index (χ1n) is 6.68. The predicted octanol–water partition coefficient (Wildman–Crippen LogP) is 0.254. The quantitative estimate of drug-likeness (QED) is 0.417. The normalized spacial score (nSPS) is 13.9. The highest BCUT2D eigenvalue weighted by atomic mass is 32.2. The van der Waals surface area contributed by atoms with Gasteiger partial charge in [-0.1, -0.05) is 0 Å². The minimum absolute atomic E-state index is 0.173. The second-order valence-electron chi connectivity index (χ2n) is 4.58. The van der Waals surface area contributed by atoms with Gasteiger partial charge in [0.05, 0.1) is 11.0 Å². The summed E-state index contributed by atoms with van der Waals surface area (Å²) >= 11 is 0. The number of hydrogen-bond donors (Lipinski definition) is 2. The Balaban J connectivity index is 2.33. The molecule has 2 N–H and O–H groups in total. The number of hydrogen-bond acceptors (Lipinski definition) is 7. The summed E-state index contributed by atoms with van der Waals surface area (Å²) in [7, 11) is -2.25. The van der Waals surface area contributed by atoms with Crippen LogP contribution < -0.4 is 19.5 Å². The highest BCUT2D eigenvalue weighted by molar-refractivity contribution is 7.89. The molecule has 1 aliphatic rings. The lowest BCUT2D eigenvalue weighted by atomic mass is 10.2. The van der Waals surface area contributed by atoms with Gasteiger partial charge in [0, 0.05) is 12.6 Å². The molecule has 0 radical (unpaired) electrons.